The molecular weight excluding hydrogens is 336 g/mol. The molecule has 1 atom stereocenters. The van der Waals surface area contributed by atoms with Crippen molar-refractivity contribution in [3.63, 3.8) is 0 Å². The van der Waals surface area contributed by atoms with Crippen molar-refractivity contribution in [2.45, 2.75) is 70.5 Å². The Morgan fingerprint density at radius 2 is 1.96 bits per heavy atom. The molecule has 144 valence electrons. The van der Waals surface area contributed by atoms with Gasteiger partial charge in [0.25, 0.3) is 0 Å². The maximum atomic E-state index is 12.9. The van der Waals surface area contributed by atoms with Crippen molar-refractivity contribution in [2.24, 2.45) is 0 Å². The van der Waals surface area contributed by atoms with E-state index in [0.717, 1.165) is 44.5 Å². The highest BCUT2D eigenvalue weighted by molar-refractivity contribution is 5.81. The highest BCUT2D eigenvalue weighted by Gasteiger charge is 2.29. The quantitative estimate of drug-likeness (QED) is 0.798. The van der Waals surface area contributed by atoms with Crippen molar-refractivity contribution in [3.05, 3.63) is 52.8 Å². The van der Waals surface area contributed by atoms with E-state index >= 15 is 0 Å². The summed E-state index contributed by atoms with van der Waals surface area (Å²) in [4.78, 5) is 15.3. The normalized spacial score (nSPS) is 20.7. The number of rotatable bonds is 5. The minimum Gasteiger partial charge on any atom is -0.349 e. The van der Waals surface area contributed by atoms with Crippen LogP contribution in [0.3, 0.4) is 0 Å². The van der Waals surface area contributed by atoms with Gasteiger partial charge in [-0.25, -0.2) is 0 Å². The van der Waals surface area contributed by atoms with Crippen LogP contribution in [0.25, 0.3) is 0 Å². The van der Waals surface area contributed by atoms with Gasteiger partial charge in [0.2, 0.25) is 5.91 Å². The van der Waals surface area contributed by atoms with Crippen LogP contribution < -0.4 is 5.32 Å². The zero-order valence-electron chi connectivity index (χ0n) is 16.0. The van der Waals surface area contributed by atoms with Gasteiger partial charge in [0.15, 0.2) is 0 Å². The van der Waals surface area contributed by atoms with Crippen molar-refractivity contribution in [1.29, 1.82) is 0 Å². The molecule has 0 spiro atoms. The molecule has 5 heteroatoms. The lowest BCUT2D eigenvalue weighted by molar-refractivity contribution is -0.128. The van der Waals surface area contributed by atoms with E-state index in [-0.39, 0.29) is 11.9 Å². The first kappa shape index (κ1) is 18.2. The van der Waals surface area contributed by atoms with Gasteiger partial charge in [0, 0.05) is 12.2 Å². The Hall–Kier alpha value is -2.14. The summed E-state index contributed by atoms with van der Waals surface area (Å²) in [6, 6.07) is 10.4. The lowest BCUT2D eigenvalue weighted by Crippen LogP contribution is -2.48. The fourth-order valence-electron chi connectivity index (χ4n) is 4.46. The van der Waals surface area contributed by atoms with Gasteiger partial charge < -0.3 is 5.32 Å². The summed E-state index contributed by atoms with van der Waals surface area (Å²) >= 11 is 0. The maximum Gasteiger partial charge on any atom is 0.237 e. The summed E-state index contributed by atoms with van der Waals surface area (Å²) in [5, 5.41) is 10.9. The van der Waals surface area contributed by atoms with Crippen LogP contribution in [-0.4, -0.2) is 33.6 Å². The molecule has 0 bridgehead atoms. The lowest BCUT2D eigenvalue weighted by Gasteiger charge is -2.34. The SMILES string of the molecule is O=C(NCc1n[nH]c2c1CCCCC2)[C@H]1CCCCN1Cc1ccccc1. The molecule has 1 aliphatic heterocycles. The number of nitrogens with zero attached hydrogens (tertiary/aromatic N) is 2. The van der Waals surface area contributed by atoms with Crippen LogP contribution in [0, 0.1) is 0 Å². The first-order valence-electron chi connectivity index (χ1n) is 10.4. The molecular formula is C22H30N4O. The Morgan fingerprint density at radius 3 is 2.85 bits per heavy atom. The Kier molecular flexibility index (Phi) is 5.87. The number of aryl methyl sites for hydroxylation is 1. The van der Waals surface area contributed by atoms with Crippen LogP contribution in [-0.2, 0) is 30.7 Å². The number of hydrogen-bond acceptors (Lipinski definition) is 3. The largest absolute Gasteiger partial charge is 0.349 e. The summed E-state index contributed by atoms with van der Waals surface area (Å²) in [5.74, 6) is 0.149. The average molecular weight is 367 g/mol. The molecule has 1 aromatic carbocycles. The number of amides is 1. The molecule has 5 nitrogen and oxygen atoms in total. The molecule has 1 aromatic heterocycles. The second-order valence-electron chi connectivity index (χ2n) is 7.87. The van der Waals surface area contributed by atoms with Gasteiger partial charge in [-0.2, -0.15) is 5.10 Å². The highest BCUT2D eigenvalue weighted by Crippen LogP contribution is 2.23. The zero-order valence-corrected chi connectivity index (χ0v) is 16.0. The van der Waals surface area contributed by atoms with E-state index in [2.05, 4.69) is 44.7 Å². The van der Waals surface area contributed by atoms with Crippen LogP contribution in [0.1, 0.15) is 61.0 Å². The molecule has 2 heterocycles. The number of hydrogen-bond donors (Lipinski definition) is 2. The van der Waals surface area contributed by atoms with Crippen molar-refractivity contribution in [2.75, 3.05) is 6.54 Å². The standard InChI is InChI=1S/C22H30N4O/c27-22(23-15-20-18-11-5-2-6-12-19(18)24-25-20)21-13-7-8-14-26(21)16-17-9-3-1-4-10-17/h1,3-4,9-10,21H,2,5-8,11-16H2,(H,23,27)(H,24,25)/t21-/m1/s1. The Morgan fingerprint density at radius 1 is 1.11 bits per heavy atom. The summed E-state index contributed by atoms with van der Waals surface area (Å²) in [7, 11) is 0. The van der Waals surface area contributed by atoms with Gasteiger partial charge in [-0.3, -0.25) is 14.8 Å². The number of benzene rings is 1. The third-order valence-electron chi connectivity index (χ3n) is 5.97. The van der Waals surface area contributed by atoms with Gasteiger partial charge in [-0.15, -0.1) is 0 Å². The molecule has 1 amide bonds. The van der Waals surface area contributed by atoms with Gasteiger partial charge in [-0.1, -0.05) is 43.2 Å². The average Bonchev–Trinajstić information content (AvgIpc) is 2.93. The van der Waals surface area contributed by atoms with E-state index in [4.69, 9.17) is 0 Å². The van der Waals surface area contributed by atoms with Crippen LogP contribution in [0.5, 0.6) is 0 Å². The molecule has 0 radical (unpaired) electrons. The number of likely N-dealkylation sites (tertiary alicyclic amines) is 1. The number of fused-ring (bicyclic) bond motifs is 1. The Bertz CT molecular complexity index is 755. The monoisotopic (exact) mass is 366 g/mol. The van der Waals surface area contributed by atoms with E-state index in [0.29, 0.717) is 6.54 Å². The van der Waals surface area contributed by atoms with E-state index < -0.39 is 0 Å². The van der Waals surface area contributed by atoms with Crippen LogP contribution in [0.15, 0.2) is 30.3 Å². The lowest BCUT2D eigenvalue weighted by atomic mass is 10.00. The summed E-state index contributed by atoms with van der Waals surface area (Å²) in [6.07, 6.45) is 9.15. The first-order chi connectivity index (χ1) is 13.3. The van der Waals surface area contributed by atoms with Crippen molar-refractivity contribution < 1.29 is 4.79 Å². The molecule has 2 N–H and O–H groups in total. The van der Waals surface area contributed by atoms with E-state index in [1.807, 2.05) is 6.07 Å². The Balaban J connectivity index is 1.38. The van der Waals surface area contributed by atoms with Crippen molar-refractivity contribution in [3.8, 4) is 0 Å². The molecule has 2 aliphatic rings. The molecule has 0 saturated carbocycles. The molecule has 27 heavy (non-hydrogen) atoms. The third kappa shape index (κ3) is 4.41. The fourth-order valence-corrected chi connectivity index (χ4v) is 4.46. The summed E-state index contributed by atoms with van der Waals surface area (Å²) in [5.41, 5.74) is 4.93. The number of nitrogens with one attached hydrogen (secondary N) is 2. The van der Waals surface area contributed by atoms with Crippen molar-refractivity contribution in [1.82, 2.24) is 20.4 Å². The molecule has 2 aromatic rings. The summed E-state index contributed by atoms with van der Waals surface area (Å²) < 4.78 is 0. The first-order valence-corrected chi connectivity index (χ1v) is 10.4. The van der Waals surface area contributed by atoms with Crippen LogP contribution in [0.2, 0.25) is 0 Å². The van der Waals surface area contributed by atoms with Gasteiger partial charge in [0.05, 0.1) is 18.3 Å². The predicted octanol–water partition coefficient (Wildman–Crippen LogP) is 3.35. The minimum atomic E-state index is -0.0310. The predicted molar refractivity (Wildman–Crippen MR) is 106 cm³/mol. The summed E-state index contributed by atoms with van der Waals surface area (Å²) in [6.45, 7) is 2.38. The molecule has 1 fully saturated rings. The zero-order chi connectivity index (χ0) is 18.5. The number of piperidine rings is 1. The smallest absolute Gasteiger partial charge is 0.237 e. The second kappa shape index (κ2) is 8.70. The van der Waals surface area contributed by atoms with Gasteiger partial charge in [-0.05, 0) is 56.2 Å². The number of carbonyl (C=O) groups is 1. The highest BCUT2D eigenvalue weighted by atomic mass is 16.2. The number of carbonyl (C=O) groups excluding carboxylic acids is 1. The molecule has 1 saturated heterocycles. The van der Waals surface area contributed by atoms with Crippen LogP contribution in [0.4, 0.5) is 0 Å². The van der Waals surface area contributed by atoms with Crippen LogP contribution >= 0.6 is 0 Å². The van der Waals surface area contributed by atoms with E-state index in [1.54, 1.807) is 0 Å². The number of aromatic nitrogens is 2. The van der Waals surface area contributed by atoms with Gasteiger partial charge >= 0.3 is 0 Å². The van der Waals surface area contributed by atoms with Gasteiger partial charge in [0.1, 0.15) is 0 Å². The number of H-pyrrole nitrogens is 1. The van der Waals surface area contributed by atoms with Crippen molar-refractivity contribution >= 4 is 5.91 Å². The van der Waals surface area contributed by atoms with E-state index in [1.165, 1.54) is 42.5 Å². The molecule has 0 unspecified atom stereocenters. The maximum absolute atomic E-state index is 12.9. The topological polar surface area (TPSA) is 61.0 Å². The Labute approximate surface area is 161 Å². The minimum absolute atomic E-state index is 0.0310. The fraction of sp³-hybridized carbons (Fsp3) is 0.545. The molecule has 4 rings (SSSR count). The number of aromatic amines is 1. The third-order valence-corrected chi connectivity index (χ3v) is 5.97. The molecule has 1 aliphatic carbocycles. The second-order valence-corrected chi connectivity index (χ2v) is 7.87. The van der Waals surface area contributed by atoms with E-state index in [9.17, 15) is 4.79 Å².